The summed E-state index contributed by atoms with van der Waals surface area (Å²) in [6, 6.07) is -0.509. The number of alkyl halides is 3. The van der Waals surface area contributed by atoms with Gasteiger partial charge in [-0.1, -0.05) is 0 Å². The smallest absolute Gasteiger partial charge is 0.382 e. The largest absolute Gasteiger partial charge is 0.393 e. The minimum Gasteiger partial charge on any atom is -0.382 e. The van der Waals surface area contributed by atoms with E-state index in [1.54, 1.807) is 0 Å². The van der Waals surface area contributed by atoms with E-state index < -0.39 is 18.1 Å². The topological polar surface area (TPSA) is 50.4 Å². The molecule has 1 heterocycles. The molecule has 1 amide bonds. The molecule has 0 bridgehead atoms. The van der Waals surface area contributed by atoms with Gasteiger partial charge in [0, 0.05) is 26.3 Å². The maximum atomic E-state index is 12.4. The number of hydrogen-bond acceptors (Lipinski definition) is 3. The van der Waals surface area contributed by atoms with E-state index in [2.05, 4.69) is 10.6 Å². The van der Waals surface area contributed by atoms with Gasteiger partial charge < -0.3 is 15.4 Å². The van der Waals surface area contributed by atoms with Crippen LogP contribution >= 0.6 is 0 Å². The summed E-state index contributed by atoms with van der Waals surface area (Å²) in [5.41, 5.74) is 0. The minimum absolute atomic E-state index is 0.00747. The molecule has 0 radical (unpaired) electrons. The molecular formula is C12H21F3N2O2. The SMILES string of the molecule is CCOCCCNC(=O)C1CCC(C(F)(F)F)CN1. The summed E-state index contributed by atoms with van der Waals surface area (Å²) in [4.78, 5) is 11.7. The number of piperidine rings is 1. The Morgan fingerprint density at radius 3 is 2.68 bits per heavy atom. The number of nitrogens with one attached hydrogen (secondary N) is 2. The van der Waals surface area contributed by atoms with Crippen LogP contribution in [-0.2, 0) is 9.53 Å². The van der Waals surface area contributed by atoms with Crippen LogP contribution in [0.15, 0.2) is 0 Å². The number of amides is 1. The van der Waals surface area contributed by atoms with Crippen molar-refractivity contribution < 1.29 is 22.7 Å². The molecule has 1 saturated heterocycles. The molecule has 2 atom stereocenters. The average Bonchev–Trinajstić information content (AvgIpc) is 2.37. The van der Waals surface area contributed by atoms with E-state index in [1.165, 1.54) is 0 Å². The summed E-state index contributed by atoms with van der Waals surface area (Å²) in [5, 5.41) is 5.37. The molecular weight excluding hydrogens is 261 g/mol. The maximum Gasteiger partial charge on any atom is 0.393 e. The molecule has 19 heavy (non-hydrogen) atoms. The fourth-order valence-electron chi connectivity index (χ4n) is 2.01. The van der Waals surface area contributed by atoms with Crippen molar-refractivity contribution >= 4 is 5.91 Å². The number of rotatable bonds is 6. The molecule has 0 aromatic carbocycles. The van der Waals surface area contributed by atoms with E-state index in [-0.39, 0.29) is 25.3 Å². The fourth-order valence-corrected chi connectivity index (χ4v) is 2.01. The van der Waals surface area contributed by atoms with Gasteiger partial charge in [0.25, 0.3) is 0 Å². The Bertz CT molecular complexity index is 277. The predicted octanol–water partition coefficient (Wildman–Crippen LogP) is 1.46. The Morgan fingerprint density at radius 2 is 2.16 bits per heavy atom. The number of ether oxygens (including phenoxy) is 1. The fraction of sp³-hybridized carbons (Fsp3) is 0.917. The van der Waals surface area contributed by atoms with E-state index in [0.717, 1.165) is 0 Å². The van der Waals surface area contributed by atoms with Crippen molar-refractivity contribution in [3.63, 3.8) is 0 Å². The molecule has 1 fully saturated rings. The van der Waals surface area contributed by atoms with Crippen LogP contribution in [0.1, 0.15) is 26.2 Å². The second-order valence-corrected chi connectivity index (χ2v) is 4.62. The van der Waals surface area contributed by atoms with Crippen LogP contribution in [0.25, 0.3) is 0 Å². The van der Waals surface area contributed by atoms with Gasteiger partial charge in [-0.25, -0.2) is 0 Å². The van der Waals surface area contributed by atoms with Crippen molar-refractivity contribution in [2.75, 3.05) is 26.3 Å². The Balaban J connectivity index is 2.18. The summed E-state index contributed by atoms with van der Waals surface area (Å²) in [6.45, 7) is 3.41. The first-order chi connectivity index (χ1) is 8.95. The van der Waals surface area contributed by atoms with Gasteiger partial charge >= 0.3 is 6.18 Å². The van der Waals surface area contributed by atoms with Crippen molar-refractivity contribution in [2.45, 2.75) is 38.4 Å². The third kappa shape index (κ3) is 5.78. The van der Waals surface area contributed by atoms with E-state index in [0.29, 0.717) is 26.2 Å². The Kier molecular flexibility index (Phi) is 6.57. The Hall–Kier alpha value is -0.820. The molecule has 0 aromatic heterocycles. The van der Waals surface area contributed by atoms with Crippen LogP contribution in [-0.4, -0.2) is 44.4 Å². The summed E-state index contributed by atoms with van der Waals surface area (Å²) in [5.74, 6) is -1.56. The number of carbonyl (C=O) groups excluding carboxylic acids is 1. The van der Waals surface area contributed by atoms with Crippen LogP contribution in [0.5, 0.6) is 0 Å². The Labute approximate surface area is 111 Å². The zero-order chi connectivity index (χ0) is 14.3. The second-order valence-electron chi connectivity index (χ2n) is 4.62. The highest BCUT2D eigenvalue weighted by molar-refractivity contribution is 5.81. The summed E-state index contributed by atoms with van der Waals surface area (Å²) >= 11 is 0. The molecule has 1 aliphatic rings. The van der Waals surface area contributed by atoms with E-state index in [1.807, 2.05) is 6.92 Å². The van der Waals surface area contributed by atoms with E-state index in [9.17, 15) is 18.0 Å². The van der Waals surface area contributed by atoms with Crippen molar-refractivity contribution in [1.82, 2.24) is 10.6 Å². The zero-order valence-electron chi connectivity index (χ0n) is 11.1. The normalized spacial score (nSPS) is 24.2. The lowest BCUT2D eigenvalue weighted by Gasteiger charge is -2.30. The molecule has 2 unspecified atom stereocenters. The first kappa shape index (κ1) is 16.2. The monoisotopic (exact) mass is 282 g/mol. The first-order valence-corrected chi connectivity index (χ1v) is 6.60. The maximum absolute atomic E-state index is 12.4. The lowest BCUT2D eigenvalue weighted by Crippen LogP contribution is -2.51. The van der Waals surface area contributed by atoms with Gasteiger partial charge in [-0.3, -0.25) is 4.79 Å². The van der Waals surface area contributed by atoms with Gasteiger partial charge in [0.15, 0.2) is 0 Å². The lowest BCUT2D eigenvalue weighted by atomic mass is 9.94. The molecule has 0 spiro atoms. The number of carbonyl (C=O) groups is 1. The van der Waals surface area contributed by atoms with Gasteiger partial charge in [-0.15, -0.1) is 0 Å². The standard InChI is InChI=1S/C12H21F3N2O2/c1-2-19-7-3-6-16-11(18)10-5-4-9(8-17-10)12(13,14)15/h9-10,17H,2-8H2,1H3,(H,16,18). The molecule has 0 saturated carbocycles. The highest BCUT2D eigenvalue weighted by atomic mass is 19.4. The highest BCUT2D eigenvalue weighted by Crippen LogP contribution is 2.31. The molecule has 7 heteroatoms. The number of halogens is 3. The van der Waals surface area contributed by atoms with Crippen LogP contribution < -0.4 is 10.6 Å². The first-order valence-electron chi connectivity index (χ1n) is 6.60. The molecule has 1 rings (SSSR count). The summed E-state index contributed by atoms with van der Waals surface area (Å²) < 4.78 is 42.4. The van der Waals surface area contributed by atoms with Gasteiger partial charge in [0.1, 0.15) is 0 Å². The van der Waals surface area contributed by atoms with E-state index >= 15 is 0 Å². The highest BCUT2D eigenvalue weighted by Gasteiger charge is 2.42. The zero-order valence-corrected chi connectivity index (χ0v) is 11.1. The van der Waals surface area contributed by atoms with Gasteiger partial charge in [0.2, 0.25) is 5.91 Å². The van der Waals surface area contributed by atoms with Crippen LogP contribution in [0.4, 0.5) is 13.2 Å². The molecule has 0 aromatic rings. The molecule has 112 valence electrons. The Morgan fingerprint density at radius 1 is 1.42 bits per heavy atom. The molecule has 0 aliphatic carbocycles. The van der Waals surface area contributed by atoms with Gasteiger partial charge in [0.05, 0.1) is 12.0 Å². The van der Waals surface area contributed by atoms with Crippen LogP contribution in [0.2, 0.25) is 0 Å². The van der Waals surface area contributed by atoms with Crippen molar-refractivity contribution in [2.24, 2.45) is 5.92 Å². The predicted molar refractivity (Wildman–Crippen MR) is 64.7 cm³/mol. The van der Waals surface area contributed by atoms with Crippen LogP contribution in [0.3, 0.4) is 0 Å². The van der Waals surface area contributed by atoms with Crippen molar-refractivity contribution in [3.8, 4) is 0 Å². The van der Waals surface area contributed by atoms with Crippen LogP contribution in [0, 0.1) is 5.92 Å². The molecule has 1 aliphatic heterocycles. The van der Waals surface area contributed by atoms with Crippen molar-refractivity contribution in [3.05, 3.63) is 0 Å². The third-order valence-corrected chi connectivity index (χ3v) is 3.16. The molecule has 2 N–H and O–H groups in total. The van der Waals surface area contributed by atoms with Crippen molar-refractivity contribution in [1.29, 1.82) is 0 Å². The number of hydrogen-bond donors (Lipinski definition) is 2. The quantitative estimate of drug-likeness (QED) is 0.725. The third-order valence-electron chi connectivity index (χ3n) is 3.16. The van der Waals surface area contributed by atoms with E-state index in [4.69, 9.17) is 4.74 Å². The second kappa shape index (κ2) is 7.69. The molecule has 4 nitrogen and oxygen atoms in total. The van der Waals surface area contributed by atoms with Gasteiger partial charge in [-0.05, 0) is 26.2 Å². The summed E-state index contributed by atoms with van der Waals surface area (Å²) in [6.07, 6.45) is -3.24. The summed E-state index contributed by atoms with van der Waals surface area (Å²) in [7, 11) is 0. The minimum atomic E-state index is -4.17. The lowest BCUT2D eigenvalue weighted by molar-refractivity contribution is -0.180. The van der Waals surface area contributed by atoms with Gasteiger partial charge in [-0.2, -0.15) is 13.2 Å². The average molecular weight is 282 g/mol.